The highest BCUT2D eigenvalue weighted by Crippen LogP contribution is 2.53. The summed E-state index contributed by atoms with van der Waals surface area (Å²) in [4.78, 5) is 60.4. The molecule has 1 saturated carbocycles. The smallest absolute Gasteiger partial charge is 0.324 e. The van der Waals surface area contributed by atoms with Crippen molar-refractivity contribution >= 4 is 40.0 Å². The largest absolute Gasteiger partial charge is 0.464 e. The van der Waals surface area contributed by atoms with E-state index in [-0.39, 0.29) is 42.4 Å². The maximum atomic E-state index is 15.1. The van der Waals surface area contributed by atoms with Crippen LogP contribution in [-0.4, -0.2) is 119 Å². The van der Waals surface area contributed by atoms with Crippen molar-refractivity contribution in [2.45, 2.75) is 83.1 Å². The fourth-order valence-corrected chi connectivity index (χ4v) is 11.1. The predicted molar refractivity (Wildman–Crippen MR) is 237 cm³/mol. The van der Waals surface area contributed by atoms with Crippen LogP contribution in [0.4, 0.5) is 0 Å². The van der Waals surface area contributed by atoms with Gasteiger partial charge in [0.1, 0.15) is 23.4 Å². The molecular weight excluding hydrogens is 837 g/mol. The van der Waals surface area contributed by atoms with Crippen molar-refractivity contribution in [1.29, 1.82) is 0 Å². The topological polar surface area (TPSA) is 175 Å². The van der Waals surface area contributed by atoms with E-state index in [1.165, 1.54) is 22.7 Å². The number of esters is 1. The minimum absolute atomic E-state index is 0.00403. The summed E-state index contributed by atoms with van der Waals surface area (Å²) in [5.74, 6) is -1.53. The highest BCUT2D eigenvalue weighted by Gasteiger charge is 2.55. The van der Waals surface area contributed by atoms with Crippen LogP contribution in [0.2, 0.25) is 0 Å². The number of benzene rings is 1. The third kappa shape index (κ3) is 7.93. The second-order valence-electron chi connectivity index (χ2n) is 18.7. The van der Waals surface area contributed by atoms with Crippen molar-refractivity contribution in [2.75, 3.05) is 59.8 Å². The lowest BCUT2D eigenvalue weighted by Crippen LogP contribution is -2.63. The van der Waals surface area contributed by atoms with E-state index < -0.39 is 35.4 Å². The van der Waals surface area contributed by atoms with Crippen LogP contribution in [0.3, 0.4) is 0 Å². The number of hydrogen-bond donors (Lipinski definition) is 2. The quantitative estimate of drug-likeness (QED) is 0.184. The number of morpholine rings is 1. The zero-order valence-corrected chi connectivity index (χ0v) is 37.8. The molecule has 4 aliphatic heterocycles. The van der Waals surface area contributed by atoms with Crippen molar-refractivity contribution in [3.63, 3.8) is 0 Å². The number of cyclic esters (lactones) is 1. The summed E-state index contributed by atoms with van der Waals surface area (Å²) >= 11 is 1.48. The van der Waals surface area contributed by atoms with Crippen LogP contribution in [0.1, 0.15) is 86.6 Å². The van der Waals surface area contributed by atoms with E-state index in [0.29, 0.717) is 76.0 Å². The fraction of sp³-hybridized carbons (Fsp3) is 0.532. The SMILES string of the molecule is CO[C@@H](C)c1ncccc1-c1c2c3cc(ccc3n1C1COC1)-c1csc(n1)[C@@H](N1CCOCC1)[C@H](NC(=O)[C@@H]1[C@@H](C)[C@H]1c1cocn1)C(=O)N1CCC[C@H](N1)C(=O)OCC(C)(C)C2. The minimum Gasteiger partial charge on any atom is -0.464 e. The summed E-state index contributed by atoms with van der Waals surface area (Å²) in [5, 5.41) is 8.55. The molecule has 1 aliphatic carbocycles. The summed E-state index contributed by atoms with van der Waals surface area (Å²) in [6.07, 6.45) is 6.13. The first-order chi connectivity index (χ1) is 31.0. The van der Waals surface area contributed by atoms with E-state index in [9.17, 15) is 9.59 Å². The third-order valence-electron chi connectivity index (χ3n) is 13.8. The van der Waals surface area contributed by atoms with E-state index in [0.717, 1.165) is 44.7 Å². The molecule has 1 aromatic carbocycles. The Morgan fingerprint density at radius 2 is 1.92 bits per heavy atom. The van der Waals surface area contributed by atoms with Crippen LogP contribution in [0.15, 0.2) is 59.0 Å². The number of amides is 2. The predicted octanol–water partition coefficient (Wildman–Crippen LogP) is 5.62. The number of ether oxygens (including phenoxy) is 4. The molecule has 7 atom stereocenters. The number of methoxy groups -OCH3 is 1. The molecule has 3 saturated heterocycles. The number of carbonyl (C=O) groups excluding carboxylic acids is 3. The standard InChI is InChI=1S/C47H56N8O8S/c1-26-37(34-22-62-25-49-34)38(26)43(56)51-40-42(53-14-16-60-17-15-53)44-50-35(23-64-44)28-10-11-36-31(18-28)32(19-47(3,4)24-63-46(58)33-9-7-13-54(52-33)45(40)57)41(55(36)29-20-61-21-29)30-8-6-12-48-39(30)27(2)59-5/h6,8,10-12,18,22-23,25-27,29,33,37-38,40,42,52H,7,9,13-17,19-21,24H2,1-5H3,(H,51,56)/t26-,27-,33-,37-,38+,40-,42-/m0/s1. The lowest BCUT2D eigenvalue weighted by molar-refractivity contribution is -0.156. The lowest BCUT2D eigenvalue weighted by Gasteiger charge is -2.41. The van der Waals surface area contributed by atoms with Gasteiger partial charge in [-0.2, -0.15) is 0 Å². The summed E-state index contributed by atoms with van der Waals surface area (Å²) in [7, 11) is 1.70. The zero-order valence-electron chi connectivity index (χ0n) is 37.0. The van der Waals surface area contributed by atoms with Crippen LogP contribution >= 0.6 is 11.3 Å². The Morgan fingerprint density at radius 3 is 2.67 bits per heavy atom. The molecule has 338 valence electrons. The van der Waals surface area contributed by atoms with Gasteiger partial charge in [-0.05, 0) is 61.9 Å². The first-order valence-electron chi connectivity index (χ1n) is 22.4. The Balaban J connectivity index is 1.13. The summed E-state index contributed by atoms with van der Waals surface area (Å²) in [6, 6.07) is 8.24. The van der Waals surface area contributed by atoms with E-state index in [1.807, 2.05) is 25.3 Å². The van der Waals surface area contributed by atoms with Crippen molar-refractivity contribution < 1.29 is 37.7 Å². The average Bonchev–Trinajstić information content (AvgIpc) is 3.72. The molecule has 0 spiro atoms. The van der Waals surface area contributed by atoms with Crippen molar-refractivity contribution in [1.82, 2.24) is 40.2 Å². The Labute approximate surface area is 376 Å². The van der Waals surface area contributed by atoms with Crippen molar-refractivity contribution in [3.8, 4) is 22.5 Å². The molecule has 4 fully saturated rings. The second-order valence-corrected chi connectivity index (χ2v) is 19.6. The number of nitrogens with zero attached hydrogens (tertiary/aromatic N) is 6. The van der Waals surface area contributed by atoms with Gasteiger partial charge in [-0.25, -0.2) is 15.4 Å². The molecule has 0 unspecified atom stereocenters. The Bertz CT molecular complexity index is 2530. The zero-order chi connectivity index (χ0) is 44.3. The monoisotopic (exact) mass is 892 g/mol. The van der Waals surface area contributed by atoms with Gasteiger partial charge in [0.2, 0.25) is 5.91 Å². The number of oxazole rings is 1. The Morgan fingerprint density at radius 1 is 1.09 bits per heavy atom. The molecule has 5 aliphatic rings. The number of hydrogen-bond acceptors (Lipinski definition) is 14. The molecule has 10 rings (SSSR count). The molecule has 17 heteroatoms. The fourth-order valence-electron chi connectivity index (χ4n) is 10.1. The van der Waals surface area contributed by atoms with Crippen LogP contribution in [-0.2, 0) is 39.8 Å². The molecular formula is C47H56N8O8S. The van der Waals surface area contributed by atoms with Crippen LogP contribution in [0, 0.1) is 17.3 Å². The first kappa shape index (κ1) is 42.9. The highest BCUT2D eigenvalue weighted by molar-refractivity contribution is 7.10. The molecule has 4 aromatic heterocycles. The molecule has 6 bridgehead atoms. The van der Waals surface area contributed by atoms with Crippen molar-refractivity contribution in [2.24, 2.45) is 17.3 Å². The summed E-state index contributed by atoms with van der Waals surface area (Å²) in [6.45, 7) is 11.9. The number of thiazole rings is 1. The van der Waals surface area contributed by atoms with E-state index in [4.69, 9.17) is 33.3 Å². The van der Waals surface area contributed by atoms with Crippen molar-refractivity contribution in [3.05, 3.63) is 76.5 Å². The van der Waals surface area contributed by atoms with Gasteiger partial charge in [0.05, 0.1) is 74.0 Å². The van der Waals surface area contributed by atoms with Gasteiger partial charge in [-0.15, -0.1) is 11.3 Å². The second kappa shape index (κ2) is 17.4. The molecule has 2 N–H and O–H groups in total. The molecule has 16 nitrogen and oxygen atoms in total. The summed E-state index contributed by atoms with van der Waals surface area (Å²) in [5.41, 5.74) is 10.2. The molecule has 5 aromatic rings. The molecule has 64 heavy (non-hydrogen) atoms. The van der Waals surface area contributed by atoms with Crippen LogP contribution in [0.25, 0.3) is 33.4 Å². The molecule has 0 radical (unpaired) electrons. The van der Waals surface area contributed by atoms with E-state index in [1.54, 1.807) is 19.6 Å². The van der Waals surface area contributed by atoms with Gasteiger partial charge in [0, 0.05) is 77.6 Å². The number of aromatic nitrogens is 4. The van der Waals surface area contributed by atoms with E-state index >= 15 is 4.79 Å². The van der Waals surface area contributed by atoms with Gasteiger partial charge >= 0.3 is 5.97 Å². The number of rotatable bonds is 8. The van der Waals surface area contributed by atoms with Gasteiger partial charge in [0.25, 0.3) is 5.91 Å². The normalized spacial score (nSPS) is 27.1. The Hall–Kier alpha value is -5.04. The number of pyridine rings is 1. The maximum absolute atomic E-state index is 15.1. The highest BCUT2D eigenvalue weighted by atomic mass is 32.1. The van der Waals surface area contributed by atoms with Gasteiger partial charge in [-0.3, -0.25) is 29.3 Å². The average molecular weight is 893 g/mol. The maximum Gasteiger partial charge on any atom is 0.324 e. The third-order valence-corrected chi connectivity index (χ3v) is 14.7. The Kier molecular flexibility index (Phi) is 11.7. The lowest BCUT2D eigenvalue weighted by atomic mass is 9.84. The van der Waals surface area contributed by atoms with E-state index in [2.05, 4.69) is 63.3 Å². The summed E-state index contributed by atoms with van der Waals surface area (Å²) < 4.78 is 31.4. The minimum atomic E-state index is -1.05. The number of hydrazine groups is 1. The first-order valence-corrected chi connectivity index (χ1v) is 23.3. The van der Waals surface area contributed by atoms with Crippen LogP contribution in [0.5, 0.6) is 0 Å². The number of nitrogens with one attached hydrogen (secondary N) is 2. The van der Waals surface area contributed by atoms with Gasteiger partial charge < -0.3 is 33.2 Å². The number of fused-ring (bicyclic) bond motifs is 6. The van der Waals surface area contributed by atoms with Crippen LogP contribution < -0.4 is 10.7 Å². The number of carbonyl (C=O) groups is 3. The van der Waals surface area contributed by atoms with Gasteiger partial charge in [-0.1, -0.05) is 26.8 Å². The molecule has 2 amide bonds. The molecule has 8 heterocycles. The van der Waals surface area contributed by atoms with Gasteiger partial charge in [0.15, 0.2) is 6.39 Å².